The van der Waals surface area contributed by atoms with Gasteiger partial charge in [-0.25, -0.2) is 4.98 Å². The van der Waals surface area contributed by atoms with Crippen molar-refractivity contribution in [1.29, 1.82) is 0 Å². The molecule has 0 radical (unpaired) electrons. The average molecular weight is 223 g/mol. The van der Waals surface area contributed by atoms with Crippen molar-refractivity contribution in [3.8, 4) is 0 Å². The summed E-state index contributed by atoms with van der Waals surface area (Å²) >= 11 is 1.63. The molecule has 0 amide bonds. The van der Waals surface area contributed by atoms with E-state index in [-0.39, 0.29) is 0 Å². The van der Waals surface area contributed by atoms with Gasteiger partial charge in [-0.3, -0.25) is 0 Å². The van der Waals surface area contributed by atoms with E-state index in [0.29, 0.717) is 11.8 Å². The molecule has 2 saturated heterocycles. The van der Waals surface area contributed by atoms with Crippen molar-refractivity contribution in [2.45, 2.75) is 32.1 Å². The van der Waals surface area contributed by atoms with E-state index in [2.05, 4.69) is 23.1 Å². The fraction of sp³-hybridized carbons (Fsp3) is 0.818. The maximum atomic E-state index is 4.69. The molecule has 3 rings (SSSR count). The van der Waals surface area contributed by atoms with Gasteiger partial charge in [0.1, 0.15) is 10.8 Å². The molecule has 82 valence electrons. The van der Waals surface area contributed by atoms with Gasteiger partial charge in [-0.05, 0) is 30.4 Å². The van der Waals surface area contributed by atoms with Crippen LogP contribution in [0.2, 0.25) is 0 Å². The number of hydrogen-bond acceptors (Lipinski definition) is 4. The summed E-state index contributed by atoms with van der Waals surface area (Å²) < 4.78 is 4.46. The lowest BCUT2D eigenvalue weighted by Crippen LogP contribution is -2.22. The molecule has 0 aromatic carbocycles. The van der Waals surface area contributed by atoms with Crippen LogP contribution in [0.5, 0.6) is 0 Å². The van der Waals surface area contributed by atoms with Crippen LogP contribution in [0.4, 0.5) is 0 Å². The summed E-state index contributed by atoms with van der Waals surface area (Å²) in [5.41, 5.74) is 0. The fourth-order valence-corrected chi connectivity index (χ4v) is 3.67. The topological polar surface area (TPSA) is 29.0 Å². The van der Waals surface area contributed by atoms with Crippen LogP contribution in [0, 0.1) is 5.92 Å². The van der Waals surface area contributed by atoms with Crippen LogP contribution < -0.4 is 0 Å². The Labute approximate surface area is 94.7 Å². The van der Waals surface area contributed by atoms with Crippen molar-refractivity contribution >= 4 is 11.5 Å². The van der Waals surface area contributed by atoms with Gasteiger partial charge >= 0.3 is 0 Å². The molecule has 3 unspecified atom stereocenters. The Bertz CT molecular complexity index is 360. The van der Waals surface area contributed by atoms with Crippen molar-refractivity contribution in [3.63, 3.8) is 0 Å². The first-order valence-corrected chi connectivity index (χ1v) is 6.57. The van der Waals surface area contributed by atoms with Crippen LogP contribution >= 0.6 is 11.5 Å². The third-order valence-electron chi connectivity index (χ3n) is 3.62. The zero-order valence-electron chi connectivity index (χ0n) is 9.31. The average Bonchev–Trinajstić information content (AvgIpc) is 2.93. The first-order valence-electron chi connectivity index (χ1n) is 5.80. The summed E-state index contributed by atoms with van der Waals surface area (Å²) in [6.45, 7) is 8.14. The molecule has 0 aliphatic carbocycles. The van der Waals surface area contributed by atoms with Gasteiger partial charge in [-0.15, -0.1) is 0 Å². The molecule has 2 aliphatic heterocycles. The third-order valence-corrected chi connectivity index (χ3v) is 4.48. The van der Waals surface area contributed by atoms with Crippen LogP contribution in [0.25, 0.3) is 0 Å². The maximum absolute atomic E-state index is 4.69. The van der Waals surface area contributed by atoms with Gasteiger partial charge in [0.2, 0.25) is 0 Å². The second-order valence-corrected chi connectivity index (χ2v) is 5.84. The number of aromatic nitrogens is 2. The van der Waals surface area contributed by atoms with Crippen molar-refractivity contribution in [1.82, 2.24) is 14.3 Å². The van der Waals surface area contributed by atoms with Gasteiger partial charge in [0.15, 0.2) is 0 Å². The highest BCUT2D eigenvalue weighted by Gasteiger charge is 2.40. The second kappa shape index (κ2) is 3.52. The van der Waals surface area contributed by atoms with Gasteiger partial charge in [-0.2, -0.15) is 4.37 Å². The van der Waals surface area contributed by atoms with Crippen LogP contribution in [-0.4, -0.2) is 33.9 Å². The van der Waals surface area contributed by atoms with Crippen molar-refractivity contribution < 1.29 is 0 Å². The summed E-state index contributed by atoms with van der Waals surface area (Å²) in [5, 5.41) is 1.28. The van der Waals surface area contributed by atoms with E-state index in [0.717, 1.165) is 11.7 Å². The molecule has 0 N–H and O–H groups in total. The van der Waals surface area contributed by atoms with Gasteiger partial charge in [0.25, 0.3) is 0 Å². The first kappa shape index (κ1) is 9.73. The SMILES string of the molecule is CC(C)c1nsc(C2CN3CCC2C3)n1. The lowest BCUT2D eigenvalue weighted by atomic mass is 9.93. The Morgan fingerprint density at radius 2 is 2.27 bits per heavy atom. The zero-order chi connectivity index (χ0) is 10.4. The van der Waals surface area contributed by atoms with Crippen LogP contribution in [0.1, 0.15) is 42.9 Å². The fourth-order valence-electron chi connectivity index (χ4n) is 2.70. The van der Waals surface area contributed by atoms with E-state index < -0.39 is 0 Å². The molecule has 0 spiro atoms. The molecular formula is C11H17N3S. The van der Waals surface area contributed by atoms with Gasteiger partial charge in [-0.1, -0.05) is 13.8 Å². The summed E-state index contributed by atoms with van der Waals surface area (Å²) in [6.07, 6.45) is 1.36. The number of nitrogens with zero attached hydrogens (tertiary/aromatic N) is 3. The molecule has 0 saturated carbocycles. The van der Waals surface area contributed by atoms with Gasteiger partial charge in [0.05, 0.1) is 0 Å². The molecule has 15 heavy (non-hydrogen) atoms. The molecule has 4 heteroatoms. The molecule has 2 bridgehead atoms. The summed E-state index contributed by atoms with van der Waals surface area (Å²) in [4.78, 5) is 7.25. The predicted octanol–water partition coefficient (Wildman–Crippen LogP) is 2.08. The molecule has 1 aromatic heterocycles. The monoisotopic (exact) mass is 223 g/mol. The molecular weight excluding hydrogens is 206 g/mol. The van der Waals surface area contributed by atoms with Crippen LogP contribution in [0.3, 0.4) is 0 Å². The van der Waals surface area contributed by atoms with Crippen molar-refractivity contribution in [2.75, 3.05) is 19.6 Å². The predicted molar refractivity (Wildman–Crippen MR) is 61.3 cm³/mol. The first-order chi connectivity index (χ1) is 7.24. The number of hydrogen-bond donors (Lipinski definition) is 0. The number of piperidine rings is 1. The van der Waals surface area contributed by atoms with E-state index in [4.69, 9.17) is 4.98 Å². The minimum absolute atomic E-state index is 0.467. The van der Waals surface area contributed by atoms with Crippen LogP contribution in [-0.2, 0) is 0 Å². The summed E-state index contributed by atoms with van der Waals surface area (Å²) in [5.74, 6) is 3.04. The van der Waals surface area contributed by atoms with E-state index >= 15 is 0 Å². The quantitative estimate of drug-likeness (QED) is 0.768. The molecule has 3 heterocycles. The number of fused-ring (bicyclic) bond motifs is 2. The minimum Gasteiger partial charge on any atom is -0.302 e. The van der Waals surface area contributed by atoms with Crippen molar-refractivity contribution in [3.05, 3.63) is 10.8 Å². The zero-order valence-corrected chi connectivity index (χ0v) is 10.1. The van der Waals surface area contributed by atoms with E-state index in [1.54, 1.807) is 11.5 Å². The molecule has 2 aliphatic rings. The highest BCUT2D eigenvalue weighted by molar-refractivity contribution is 7.05. The lowest BCUT2D eigenvalue weighted by Gasteiger charge is -2.19. The standard InChI is InChI=1S/C11H17N3S/c1-7(2)10-12-11(15-13-10)9-6-14-4-3-8(9)5-14/h7-9H,3-6H2,1-2H3. The molecule has 2 fully saturated rings. The molecule has 1 aromatic rings. The van der Waals surface area contributed by atoms with Crippen molar-refractivity contribution in [2.24, 2.45) is 5.92 Å². The summed E-state index contributed by atoms with van der Waals surface area (Å²) in [6, 6.07) is 0. The Kier molecular flexibility index (Phi) is 2.29. The normalized spacial score (nSPS) is 34.2. The Morgan fingerprint density at radius 3 is 2.80 bits per heavy atom. The summed E-state index contributed by atoms with van der Waals surface area (Å²) in [7, 11) is 0. The molecule has 3 nitrogen and oxygen atoms in total. The number of rotatable bonds is 2. The Balaban J connectivity index is 1.81. The highest BCUT2D eigenvalue weighted by atomic mass is 32.1. The van der Waals surface area contributed by atoms with E-state index in [1.165, 1.54) is 31.1 Å². The van der Waals surface area contributed by atoms with E-state index in [1.807, 2.05) is 0 Å². The minimum atomic E-state index is 0.467. The van der Waals surface area contributed by atoms with Gasteiger partial charge < -0.3 is 4.90 Å². The largest absolute Gasteiger partial charge is 0.302 e. The molecule has 3 atom stereocenters. The van der Waals surface area contributed by atoms with Gasteiger partial charge in [0, 0.05) is 24.9 Å². The maximum Gasteiger partial charge on any atom is 0.145 e. The van der Waals surface area contributed by atoms with Crippen LogP contribution in [0.15, 0.2) is 0 Å². The van der Waals surface area contributed by atoms with E-state index in [9.17, 15) is 0 Å². The lowest BCUT2D eigenvalue weighted by molar-refractivity contribution is 0.346. The third kappa shape index (κ3) is 1.60. The Morgan fingerprint density at radius 1 is 1.40 bits per heavy atom. The second-order valence-electron chi connectivity index (χ2n) is 5.06. The highest BCUT2D eigenvalue weighted by Crippen LogP contribution is 2.40. The Hall–Kier alpha value is -0.480. The smallest absolute Gasteiger partial charge is 0.145 e.